The summed E-state index contributed by atoms with van der Waals surface area (Å²) in [6.45, 7) is 16.7. The molecular weight excluding hydrogens is 503 g/mol. The van der Waals surface area contributed by atoms with Crippen LogP contribution in [0.2, 0.25) is 0 Å². The fourth-order valence-electron chi connectivity index (χ4n) is 4.58. The van der Waals surface area contributed by atoms with E-state index in [1.165, 1.54) is 0 Å². The maximum atomic E-state index is 10.9. The van der Waals surface area contributed by atoms with Gasteiger partial charge < -0.3 is 22.6 Å². The molecule has 35 heavy (non-hydrogen) atoms. The first-order valence-corrected chi connectivity index (χ1v) is 12.1. The van der Waals surface area contributed by atoms with Crippen molar-refractivity contribution in [3.63, 3.8) is 0 Å². The molecule has 2 aliphatic rings. The normalized spacial score (nSPS) is 21.7. The number of aliphatic hydroxyl groups excluding tert-OH is 1. The number of phenols is 1. The van der Waals surface area contributed by atoms with Gasteiger partial charge in [-0.15, -0.1) is 0 Å². The summed E-state index contributed by atoms with van der Waals surface area (Å²) in [6.07, 6.45) is 10.5. The number of aliphatic hydroxyl groups is 1. The molecule has 6 heteroatoms. The van der Waals surface area contributed by atoms with Gasteiger partial charge in [0.1, 0.15) is 11.5 Å². The van der Waals surface area contributed by atoms with Gasteiger partial charge in [0.25, 0.3) is 0 Å². The van der Waals surface area contributed by atoms with E-state index in [9.17, 15) is 10.2 Å². The fourth-order valence-corrected chi connectivity index (χ4v) is 4.58. The summed E-state index contributed by atoms with van der Waals surface area (Å²) in [5, 5.41) is 21.6. The van der Waals surface area contributed by atoms with Crippen molar-refractivity contribution >= 4 is 12.4 Å². The molecule has 1 aromatic rings. The van der Waals surface area contributed by atoms with Crippen molar-refractivity contribution < 1.29 is 39.4 Å². The summed E-state index contributed by atoms with van der Waals surface area (Å²) >= 11 is 0. The maximum Gasteiger partial charge on any atom is 0.128 e. The van der Waals surface area contributed by atoms with Crippen LogP contribution in [0.1, 0.15) is 84.8 Å². The number of hydrogen-bond acceptors (Lipinski definition) is 4. The van der Waals surface area contributed by atoms with Crippen LogP contribution in [0, 0.1) is 5.41 Å². The Hall–Kier alpha value is -1.82. The van der Waals surface area contributed by atoms with Gasteiger partial charge in [0.15, 0.2) is 0 Å². The van der Waals surface area contributed by atoms with Gasteiger partial charge in [-0.2, -0.15) is 0 Å². The molecule has 1 radical (unpaired) electrons. The number of phenolic OH excluding ortho intramolecular Hbond substituents is 1. The Morgan fingerprint density at radius 3 is 2.03 bits per heavy atom. The fraction of sp³-hybridized carbons (Fsp3) is 0.517. The Balaban J connectivity index is 0.00000306. The Labute approximate surface area is 228 Å². The van der Waals surface area contributed by atoms with E-state index < -0.39 is 0 Å². The second-order valence-electron chi connectivity index (χ2n) is 11.5. The number of allylic oxidation sites excluding steroid dienone is 4. The molecule has 0 unspecified atom stereocenters. The molecule has 3 rings (SSSR count). The van der Waals surface area contributed by atoms with Crippen molar-refractivity contribution in [2.75, 3.05) is 0 Å². The van der Waals surface area contributed by atoms with Gasteiger partial charge in [-0.25, -0.2) is 0 Å². The van der Waals surface area contributed by atoms with Gasteiger partial charge in [-0.1, -0.05) is 84.7 Å². The van der Waals surface area contributed by atoms with Crippen molar-refractivity contribution in [1.82, 2.24) is 0 Å². The summed E-state index contributed by atoms with van der Waals surface area (Å²) in [4.78, 5) is 9.76. The smallest absolute Gasteiger partial charge is 0.128 e. The summed E-state index contributed by atoms with van der Waals surface area (Å²) in [5.41, 5.74) is 4.11. The zero-order valence-corrected chi connectivity index (χ0v) is 23.7. The Bertz CT molecular complexity index is 1030. The topological polar surface area (TPSA) is 65.2 Å². The van der Waals surface area contributed by atoms with E-state index in [0.717, 1.165) is 53.5 Å². The molecule has 0 amide bonds. The summed E-state index contributed by atoms with van der Waals surface area (Å²) in [5.74, 6) is 0.639. The zero-order valence-electron chi connectivity index (χ0n) is 21.9. The minimum Gasteiger partial charge on any atom is -1.00 e. The van der Waals surface area contributed by atoms with Crippen LogP contribution in [0.25, 0.3) is 0 Å². The molecule has 0 bridgehead atoms. The number of rotatable bonds is 4. The molecule has 0 heterocycles. The second kappa shape index (κ2) is 12.4. The van der Waals surface area contributed by atoms with E-state index in [-0.39, 0.29) is 52.1 Å². The van der Waals surface area contributed by atoms with Crippen LogP contribution in [0.4, 0.5) is 0 Å². The van der Waals surface area contributed by atoms with Crippen LogP contribution in [-0.4, -0.2) is 34.7 Å². The van der Waals surface area contributed by atoms with Crippen LogP contribution in [0.3, 0.4) is 0 Å². The third-order valence-corrected chi connectivity index (χ3v) is 6.53. The number of nitrogens with zero attached hydrogens (tertiary/aromatic N) is 2. The first-order chi connectivity index (χ1) is 15.4. The second-order valence-corrected chi connectivity index (χ2v) is 11.5. The molecule has 1 aromatic carbocycles. The molecule has 2 N–H and O–H groups in total. The van der Waals surface area contributed by atoms with Crippen molar-refractivity contribution in [2.45, 2.75) is 91.1 Å². The SMILES string of the molecule is C=C1C=C(C(C)(C)C)C(O)=C(C=N[C@H]2CCCC[C@@H]2N=Cc2cccc(C(C)(C)C)c2O)C1.[Cl-].[Co]. The quantitative estimate of drug-likeness (QED) is 0.559. The molecule has 2 atom stereocenters. The molecule has 0 spiro atoms. The molecule has 0 aliphatic heterocycles. The van der Waals surface area contributed by atoms with E-state index in [1.807, 2.05) is 36.7 Å². The van der Waals surface area contributed by atoms with Crippen molar-refractivity contribution in [3.8, 4) is 5.75 Å². The van der Waals surface area contributed by atoms with E-state index in [0.29, 0.717) is 17.9 Å². The summed E-state index contributed by atoms with van der Waals surface area (Å²) in [6, 6.07) is 5.99. The number of benzene rings is 1. The van der Waals surface area contributed by atoms with Crippen LogP contribution < -0.4 is 12.4 Å². The predicted octanol–water partition coefficient (Wildman–Crippen LogP) is 4.24. The first-order valence-electron chi connectivity index (χ1n) is 12.1. The van der Waals surface area contributed by atoms with Gasteiger partial charge in [0.2, 0.25) is 0 Å². The van der Waals surface area contributed by atoms with E-state index in [2.05, 4.69) is 48.1 Å². The van der Waals surface area contributed by atoms with Crippen LogP contribution >= 0.6 is 0 Å². The monoisotopic (exact) mass is 542 g/mol. The summed E-state index contributed by atoms with van der Waals surface area (Å²) in [7, 11) is 0. The number of para-hydroxylation sites is 1. The minimum absolute atomic E-state index is 0. The van der Waals surface area contributed by atoms with E-state index in [4.69, 9.17) is 9.98 Å². The zero-order chi connectivity index (χ0) is 24.4. The average Bonchev–Trinajstić information content (AvgIpc) is 2.72. The van der Waals surface area contributed by atoms with Gasteiger partial charge in [-0.3, -0.25) is 9.98 Å². The van der Waals surface area contributed by atoms with Gasteiger partial charge in [0, 0.05) is 46.8 Å². The van der Waals surface area contributed by atoms with E-state index in [1.54, 1.807) is 0 Å². The number of halogens is 1. The first kappa shape index (κ1) is 31.2. The molecule has 0 aromatic heterocycles. The molecule has 1 fully saturated rings. The molecule has 0 saturated heterocycles. The van der Waals surface area contributed by atoms with Crippen LogP contribution in [-0.2, 0) is 22.2 Å². The molecule has 195 valence electrons. The molecular formula is C29H40ClCoN2O2-. The Morgan fingerprint density at radius 1 is 0.914 bits per heavy atom. The summed E-state index contributed by atoms with van der Waals surface area (Å²) < 4.78 is 0. The van der Waals surface area contributed by atoms with E-state index >= 15 is 0 Å². The van der Waals surface area contributed by atoms with Crippen LogP contribution in [0.5, 0.6) is 5.75 Å². The Morgan fingerprint density at radius 2 is 1.49 bits per heavy atom. The molecule has 1 saturated carbocycles. The minimum atomic E-state index is -0.159. The third-order valence-electron chi connectivity index (χ3n) is 6.53. The van der Waals surface area contributed by atoms with Gasteiger partial charge in [-0.05, 0) is 40.9 Å². The Kier molecular flexibility index (Phi) is 11.1. The number of aromatic hydroxyl groups is 1. The van der Waals surface area contributed by atoms with Gasteiger partial charge in [0.05, 0.1) is 12.1 Å². The van der Waals surface area contributed by atoms with Crippen LogP contribution in [0.15, 0.2) is 63.3 Å². The predicted molar refractivity (Wildman–Crippen MR) is 140 cm³/mol. The largest absolute Gasteiger partial charge is 1.00 e. The molecule has 4 nitrogen and oxygen atoms in total. The van der Waals surface area contributed by atoms with Crippen molar-refractivity contribution in [1.29, 1.82) is 0 Å². The number of hydrogen-bond donors (Lipinski definition) is 2. The maximum absolute atomic E-state index is 10.9. The third kappa shape index (κ3) is 7.83. The standard InChI is InChI=1S/C29H40N2O2.ClH.Co/c1-19-15-21(27(33)23(16-19)29(5,6)7)18-31-25-14-9-8-13-24(25)30-17-20-11-10-12-22(26(20)32)28(2,3)4;;/h10-12,16-18,24-25,32-33H,1,8-9,13-15H2,2-7H3;1H;/p-1/t24-,25-;;/m0../s1. The average molecular weight is 543 g/mol. The van der Waals surface area contributed by atoms with Gasteiger partial charge >= 0.3 is 0 Å². The molecule has 2 aliphatic carbocycles. The van der Waals surface area contributed by atoms with Crippen molar-refractivity contribution in [3.05, 3.63) is 64.5 Å². The number of aliphatic imine (C=N–C) groups is 2. The van der Waals surface area contributed by atoms with Crippen molar-refractivity contribution in [2.24, 2.45) is 15.4 Å².